The summed E-state index contributed by atoms with van der Waals surface area (Å²) in [6.07, 6.45) is 0. The van der Waals surface area contributed by atoms with Gasteiger partial charge in [-0.1, -0.05) is 18.2 Å². The van der Waals surface area contributed by atoms with E-state index in [-0.39, 0.29) is 0 Å². The van der Waals surface area contributed by atoms with E-state index in [0.29, 0.717) is 0 Å². The Labute approximate surface area is 137 Å². The van der Waals surface area contributed by atoms with E-state index in [9.17, 15) is 0 Å². The summed E-state index contributed by atoms with van der Waals surface area (Å²) < 4.78 is 7.13. The molecule has 2 heterocycles. The monoisotopic (exact) mass is 357 g/mol. The van der Waals surface area contributed by atoms with Gasteiger partial charge in [-0.15, -0.1) is 0 Å². The fourth-order valence-corrected chi connectivity index (χ4v) is 3.36. The molecular formula is C17H16BrN3O. The Morgan fingerprint density at radius 2 is 1.77 bits per heavy atom. The number of aliphatic imine (C=N–C) groups is 1. The number of para-hydroxylation sites is 2. The number of nitrogens with one attached hydrogen (secondary N) is 1. The highest BCUT2D eigenvalue weighted by molar-refractivity contribution is 9.10. The van der Waals surface area contributed by atoms with Crippen LogP contribution in [-0.4, -0.2) is 36.9 Å². The quantitative estimate of drug-likeness (QED) is 0.783. The van der Waals surface area contributed by atoms with Crippen LogP contribution in [0.5, 0.6) is 11.5 Å². The highest BCUT2D eigenvalue weighted by Crippen LogP contribution is 2.40. The Balaban J connectivity index is 1.91. The zero-order chi connectivity index (χ0) is 14.9. The molecule has 0 aromatic heterocycles. The number of ether oxygens (including phenoxy) is 1. The van der Waals surface area contributed by atoms with E-state index in [4.69, 9.17) is 9.73 Å². The van der Waals surface area contributed by atoms with Gasteiger partial charge in [-0.3, -0.25) is 0 Å². The summed E-state index contributed by atoms with van der Waals surface area (Å²) in [4.78, 5) is 7.25. The summed E-state index contributed by atoms with van der Waals surface area (Å²) >= 11 is 3.67. The first-order valence-electron chi connectivity index (χ1n) is 7.43. The first kappa shape index (κ1) is 13.8. The van der Waals surface area contributed by atoms with E-state index in [0.717, 1.165) is 59.2 Å². The molecule has 0 bridgehead atoms. The Kier molecular flexibility index (Phi) is 3.60. The molecule has 4 nitrogen and oxygen atoms in total. The zero-order valence-corrected chi connectivity index (χ0v) is 13.6. The van der Waals surface area contributed by atoms with Crippen LogP contribution in [0.15, 0.2) is 51.9 Å². The predicted molar refractivity (Wildman–Crippen MR) is 91.3 cm³/mol. The lowest BCUT2D eigenvalue weighted by Crippen LogP contribution is -2.46. The Morgan fingerprint density at radius 1 is 1.00 bits per heavy atom. The van der Waals surface area contributed by atoms with Gasteiger partial charge in [0.25, 0.3) is 0 Å². The number of nitrogens with zero attached hydrogens (tertiary/aromatic N) is 2. The molecule has 2 aromatic rings. The molecule has 5 heteroatoms. The predicted octanol–water partition coefficient (Wildman–Crippen LogP) is 3.54. The van der Waals surface area contributed by atoms with Crippen LogP contribution in [0, 0.1) is 0 Å². The van der Waals surface area contributed by atoms with Crippen molar-refractivity contribution in [2.24, 2.45) is 4.99 Å². The van der Waals surface area contributed by atoms with Crippen LogP contribution in [0.4, 0.5) is 5.69 Å². The standard InChI is InChI=1S/C17H16BrN3O/c18-12-4-3-7-15-16(12)17(21-10-8-19-9-11-21)20-13-5-1-2-6-14(13)22-15/h1-7,19H,8-11H2. The fraction of sp³-hybridized carbons (Fsp3) is 0.235. The Bertz CT molecular complexity index is 738. The molecule has 4 rings (SSSR count). The molecule has 2 aliphatic heterocycles. The molecular weight excluding hydrogens is 342 g/mol. The van der Waals surface area contributed by atoms with Crippen molar-refractivity contribution in [3.05, 3.63) is 52.5 Å². The molecule has 0 aliphatic carbocycles. The van der Waals surface area contributed by atoms with Crippen molar-refractivity contribution < 1.29 is 4.74 Å². The van der Waals surface area contributed by atoms with Crippen LogP contribution >= 0.6 is 15.9 Å². The van der Waals surface area contributed by atoms with Crippen LogP contribution in [0.3, 0.4) is 0 Å². The topological polar surface area (TPSA) is 36.9 Å². The molecule has 112 valence electrons. The highest BCUT2D eigenvalue weighted by atomic mass is 79.9. The largest absolute Gasteiger partial charge is 0.454 e. The molecule has 0 unspecified atom stereocenters. The molecule has 1 saturated heterocycles. The summed E-state index contributed by atoms with van der Waals surface area (Å²) in [7, 11) is 0. The van der Waals surface area contributed by atoms with Crippen molar-refractivity contribution in [3.8, 4) is 11.5 Å². The molecule has 0 atom stereocenters. The normalized spacial score (nSPS) is 17.0. The van der Waals surface area contributed by atoms with Crippen LogP contribution < -0.4 is 10.1 Å². The first-order chi connectivity index (χ1) is 10.8. The van der Waals surface area contributed by atoms with Gasteiger partial charge in [0.15, 0.2) is 5.75 Å². The molecule has 1 fully saturated rings. The van der Waals surface area contributed by atoms with E-state index in [1.165, 1.54) is 0 Å². The second-order valence-corrected chi connectivity index (χ2v) is 6.21. The summed E-state index contributed by atoms with van der Waals surface area (Å²) in [6.45, 7) is 3.84. The van der Waals surface area contributed by atoms with E-state index >= 15 is 0 Å². The number of halogens is 1. The highest BCUT2D eigenvalue weighted by Gasteiger charge is 2.25. The minimum Gasteiger partial charge on any atom is -0.454 e. The van der Waals surface area contributed by atoms with Gasteiger partial charge >= 0.3 is 0 Å². The third kappa shape index (κ3) is 2.40. The van der Waals surface area contributed by atoms with Gasteiger partial charge in [-0.2, -0.15) is 0 Å². The third-order valence-corrected chi connectivity index (χ3v) is 4.59. The number of amidine groups is 1. The maximum absolute atomic E-state index is 6.12. The molecule has 2 aromatic carbocycles. The Hall–Kier alpha value is -1.85. The average molecular weight is 358 g/mol. The van der Waals surface area contributed by atoms with Gasteiger partial charge in [0.1, 0.15) is 17.3 Å². The first-order valence-corrected chi connectivity index (χ1v) is 8.22. The number of rotatable bonds is 0. The van der Waals surface area contributed by atoms with Crippen LogP contribution in [0.1, 0.15) is 5.56 Å². The maximum atomic E-state index is 6.12. The van der Waals surface area contributed by atoms with Crippen LogP contribution in [0.25, 0.3) is 0 Å². The van der Waals surface area contributed by atoms with Crippen molar-refractivity contribution in [3.63, 3.8) is 0 Å². The lowest BCUT2D eigenvalue weighted by Gasteiger charge is -2.30. The van der Waals surface area contributed by atoms with Crippen molar-refractivity contribution in [2.75, 3.05) is 26.2 Å². The lowest BCUT2D eigenvalue weighted by molar-refractivity contribution is 0.357. The van der Waals surface area contributed by atoms with Gasteiger partial charge in [0, 0.05) is 30.7 Å². The molecule has 0 spiro atoms. The third-order valence-electron chi connectivity index (χ3n) is 3.93. The van der Waals surface area contributed by atoms with Crippen LogP contribution in [-0.2, 0) is 0 Å². The molecule has 1 N–H and O–H groups in total. The smallest absolute Gasteiger partial charge is 0.153 e. The van der Waals surface area contributed by atoms with Crippen molar-refractivity contribution in [1.29, 1.82) is 0 Å². The number of hydrogen-bond acceptors (Lipinski definition) is 4. The molecule has 22 heavy (non-hydrogen) atoms. The minimum atomic E-state index is 0.798. The molecule has 0 amide bonds. The average Bonchev–Trinajstić information content (AvgIpc) is 2.73. The summed E-state index contributed by atoms with van der Waals surface area (Å²) in [5, 5.41) is 3.39. The van der Waals surface area contributed by atoms with Crippen molar-refractivity contribution >= 4 is 27.5 Å². The second-order valence-electron chi connectivity index (χ2n) is 5.36. The fourth-order valence-electron chi connectivity index (χ4n) is 2.84. The van der Waals surface area contributed by atoms with Gasteiger partial charge < -0.3 is 15.0 Å². The molecule has 2 aliphatic rings. The summed E-state index contributed by atoms with van der Waals surface area (Å²) in [5.41, 5.74) is 1.90. The van der Waals surface area contributed by atoms with Crippen LogP contribution in [0.2, 0.25) is 0 Å². The summed E-state index contributed by atoms with van der Waals surface area (Å²) in [5.74, 6) is 2.62. The number of benzene rings is 2. The van der Waals surface area contributed by atoms with Crippen molar-refractivity contribution in [2.45, 2.75) is 0 Å². The Morgan fingerprint density at radius 3 is 2.64 bits per heavy atom. The van der Waals surface area contributed by atoms with Gasteiger partial charge in [0.2, 0.25) is 0 Å². The molecule has 0 saturated carbocycles. The van der Waals surface area contributed by atoms with Gasteiger partial charge in [-0.25, -0.2) is 4.99 Å². The van der Waals surface area contributed by atoms with E-state index in [2.05, 4.69) is 26.1 Å². The SMILES string of the molecule is Brc1cccc2c1C(N1CCNCC1)=Nc1ccccc1O2. The van der Waals surface area contributed by atoms with Gasteiger partial charge in [0.05, 0.1) is 5.56 Å². The van der Waals surface area contributed by atoms with Crippen molar-refractivity contribution in [1.82, 2.24) is 10.2 Å². The van der Waals surface area contributed by atoms with Gasteiger partial charge in [-0.05, 0) is 40.2 Å². The number of hydrogen-bond donors (Lipinski definition) is 1. The van der Waals surface area contributed by atoms with E-state index in [1.807, 2.05) is 42.5 Å². The molecule has 0 radical (unpaired) electrons. The number of fused-ring (bicyclic) bond motifs is 2. The minimum absolute atomic E-state index is 0.798. The zero-order valence-electron chi connectivity index (χ0n) is 12.1. The van der Waals surface area contributed by atoms with E-state index < -0.39 is 0 Å². The number of piperazine rings is 1. The summed E-state index contributed by atoms with van der Waals surface area (Å²) in [6, 6.07) is 14.0. The lowest BCUT2D eigenvalue weighted by atomic mass is 10.1. The van der Waals surface area contributed by atoms with E-state index in [1.54, 1.807) is 0 Å². The second kappa shape index (κ2) is 5.74. The maximum Gasteiger partial charge on any atom is 0.153 e.